The first-order chi connectivity index (χ1) is 7.33. The predicted octanol–water partition coefficient (Wildman–Crippen LogP) is 1.82. The smallest absolute Gasteiger partial charge is 0.0471 e. The molecule has 90 valence electrons. The molecule has 1 N–H and O–H groups in total. The summed E-state index contributed by atoms with van der Waals surface area (Å²) in [5.74, 6) is 0. The summed E-state index contributed by atoms with van der Waals surface area (Å²) in [5.41, 5.74) is 0.465. The van der Waals surface area contributed by atoms with Crippen LogP contribution in [0.4, 0.5) is 0 Å². The van der Waals surface area contributed by atoms with Gasteiger partial charge in [-0.15, -0.1) is 0 Å². The molecule has 0 bridgehead atoms. The minimum absolute atomic E-state index is 0.465. The predicted molar refractivity (Wildman–Crippen MR) is 62.1 cm³/mol. The summed E-state index contributed by atoms with van der Waals surface area (Å²) in [7, 11) is 1.78. The van der Waals surface area contributed by atoms with Crippen LogP contribution in [-0.4, -0.2) is 40.0 Å². The number of hydrogen-bond donors (Lipinski definition) is 1. The summed E-state index contributed by atoms with van der Waals surface area (Å²) in [6.45, 7) is 7.11. The summed E-state index contributed by atoms with van der Waals surface area (Å²) in [4.78, 5) is 0. The Hall–Kier alpha value is -0.120. The summed E-state index contributed by atoms with van der Waals surface area (Å²) in [6.07, 6.45) is 4.83. The molecule has 3 heteroatoms. The molecule has 1 heterocycles. The molecule has 0 spiro atoms. The Labute approximate surface area is 93.5 Å². The van der Waals surface area contributed by atoms with Gasteiger partial charge in [-0.3, -0.25) is 0 Å². The first-order valence-corrected chi connectivity index (χ1v) is 6.10. The van der Waals surface area contributed by atoms with E-state index in [1.807, 2.05) is 0 Å². The van der Waals surface area contributed by atoms with E-state index in [4.69, 9.17) is 9.47 Å². The Morgan fingerprint density at radius 1 is 1.33 bits per heavy atom. The van der Waals surface area contributed by atoms with E-state index in [2.05, 4.69) is 12.2 Å². The van der Waals surface area contributed by atoms with Gasteiger partial charge in [-0.05, 0) is 37.6 Å². The van der Waals surface area contributed by atoms with E-state index in [-0.39, 0.29) is 0 Å². The fourth-order valence-electron chi connectivity index (χ4n) is 2.30. The van der Waals surface area contributed by atoms with Crippen LogP contribution in [0, 0.1) is 5.41 Å². The van der Waals surface area contributed by atoms with Gasteiger partial charge < -0.3 is 14.8 Å². The maximum Gasteiger partial charge on any atom is 0.0471 e. The molecule has 1 aliphatic heterocycles. The second-order valence-corrected chi connectivity index (χ2v) is 4.49. The van der Waals surface area contributed by atoms with E-state index in [0.717, 1.165) is 32.9 Å². The average molecular weight is 215 g/mol. The van der Waals surface area contributed by atoms with E-state index in [1.54, 1.807) is 7.11 Å². The van der Waals surface area contributed by atoms with Gasteiger partial charge >= 0.3 is 0 Å². The molecule has 1 aliphatic rings. The molecule has 1 fully saturated rings. The lowest BCUT2D eigenvalue weighted by Gasteiger charge is -2.37. The summed E-state index contributed by atoms with van der Waals surface area (Å²) in [6, 6.07) is 0. The molecular weight excluding hydrogens is 190 g/mol. The molecule has 0 aromatic heterocycles. The lowest BCUT2D eigenvalue weighted by molar-refractivity contribution is 0.00654. The topological polar surface area (TPSA) is 30.5 Å². The highest BCUT2D eigenvalue weighted by Crippen LogP contribution is 2.34. The Bertz CT molecular complexity index is 156. The Morgan fingerprint density at radius 3 is 2.67 bits per heavy atom. The highest BCUT2D eigenvalue weighted by atomic mass is 16.5. The van der Waals surface area contributed by atoms with Crippen molar-refractivity contribution in [3.63, 3.8) is 0 Å². The fourth-order valence-corrected chi connectivity index (χ4v) is 2.30. The molecule has 15 heavy (non-hydrogen) atoms. The first kappa shape index (κ1) is 12.9. The standard InChI is InChI=1S/C12H25NO2/c1-3-13-11-12(5-4-8-14-2)6-9-15-10-7-12/h13H,3-11H2,1-2H3. The maximum atomic E-state index is 5.45. The number of nitrogens with one attached hydrogen (secondary N) is 1. The minimum Gasteiger partial charge on any atom is -0.385 e. The second kappa shape index (κ2) is 7.20. The zero-order valence-corrected chi connectivity index (χ0v) is 10.2. The van der Waals surface area contributed by atoms with Gasteiger partial charge in [0.05, 0.1) is 0 Å². The zero-order valence-electron chi connectivity index (χ0n) is 10.2. The molecule has 0 radical (unpaired) electrons. The molecule has 0 aliphatic carbocycles. The monoisotopic (exact) mass is 215 g/mol. The third kappa shape index (κ3) is 4.49. The fraction of sp³-hybridized carbons (Fsp3) is 1.00. The third-order valence-electron chi connectivity index (χ3n) is 3.36. The Kier molecular flexibility index (Phi) is 6.22. The van der Waals surface area contributed by atoms with Gasteiger partial charge in [0.15, 0.2) is 0 Å². The van der Waals surface area contributed by atoms with E-state index in [0.29, 0.717) is 5.41 Å². The van der Waals surface area contributed by atoms with Crippen molar-refractivity contribution >= 4 is 0 Å². The van der Waals surface area contributed by atoms with Crippen molar-refractivity contribution in [2.45, 2.75) is 32.6 Å². The van der Waals surface area contributed by atoms with Gasteiger partial charge in [0, 0.05) is 33.5 Å². The molecule has 1 saturated heterocycles. The van der Waals surface area contributed by atoms with Crippen molar-refractivity contribution in [1.29, 1.82) is 0 Å². The van der Waals surface area contributed by atoms with Crippen molar-refractivity contribution in [2.75, 3.05) is 40.0 Å². The first-order valence-electron chi connectivity index (χ1n) is 6.10. The van der Waals surface area contributed by atoms with Crippen LogP contribution in [-0.2, 0) is 9.47 Å². The van der Waals surface area contributed by atoms with Crippen molar-refractivity contribution in [3.05, 3.63) is 0 Å². The van der Waals surface area contributed by atoms with Gasteiger partial charge in [0.1, 0.15) is 0 Å². The Morgan fingerprint density at radius 2 is 2.07 bits per heavy atom. The summed E-state index contributed by atoms with van der Waals surface area (Å²) in [5, 5.41) is 3.49. The number of hydrogen-bond acceptors (Lipinski definition) is 3. The average Bonchev–Trinajstić information content (AvgIpc) is 2.28. The summed E-state index contributed by atoms with van der Waals surface area (Å²) < 4.78 is 10.6. The summed E-state index contributed by atoms with van der Waals surface area (Å²) >= 11 is 0. The molecular formula is C12H25NO2. The number of rotatable bonds is 7. The zero-order chi connectivity index (χ0) is 11.0. The molecule has 0 unspecified atom stereocenters. The molecule has 0 saturated carbocycles. The minimum atomic E-state index is 0.465. The second-order valence-electron chi connectivity index (χ2n) is 4.49. The van der Waals surface area contributed by atoms with Gasteiger partial charge in [-0.1, -0.05) is 6.92 Å². The highest BCUT2D eigenvalue weighted by Gasteiger charge is 2.31. The van der Waals surface area contributed by atoms with Crippen LogP contribution in [0.1, 0.15) is 32.6 Å². The molecule has 3 nitrogen and oxygen atoms in total. The van der Waals surface area contributed by atoms with E-state index in [1.165, 1.54) is 25.7 Å². The van der Waals surface area contributed by atoms with Gasteiger partial charge in [-0.2, -0.15) is 0 Å². The Balaban J connectivity index is 2.35. The molecule has 0 aromatic carbocycles. The lowest BCUT2D eigenvalue weighted by Crippen LogP contribution is -2.39. The van der Waals surface area contributed by atoms with Crippen LogP contribution in [0.3, 0.4) is 0 Å². The van der Waals surface area contributed by atoms with Crippen molar-refractivity contribution < 1.29 is 9.47 Å². The third-order valence-corrected chi connectivity index (χ3v) is 3.36. The SMILES string of the molecule is CCNCC1(CCCOC)CCOCC1. The lowest BCUT2D eigenvalue weighted by atomic mass is 9.76. The van der Waals surface area contributed by atoms with E-state index < -0.39 is 0 Å². The van der Waals surface area contributed by atoms with Crippen molar-refractivity contribution in [2.24, 2.45) is 5.41 Å². The van der Waals surface area contributed by atoms with Crippen LogP contribution in [0.5, 0.6) is 0 Å². The van der Waals surface area contributed by atoms with Gasteiger partial charge in [0.2, 0.25) is 0 Å². The maximum absolute atomic E-state index is 5.45. The van der Waals surface area contributed by atoms with Gasteiger partial charge in [-0.25, -0.2) is 0 Å². The largest absolute Gasteiger partial charge is 0.385 e. The van der Waals surface area contributed by atoms with E-state index >= 15 is 0 Å². The van der Waals surface area contributed by atoms with Crippen molar-refractivity contribution in [1.82, 2.24) is 5.32 Å². The van der Waals surface area contributed by atoms with E-state index in [9.17, 15) is 0 Å². The molecule has 1 rings (SSSR count). The highest BCUT2D eigenvalue weighted by molar-refractivity contribution is 4.83. The van der Waals surface area contributed by atoms with Crippen LogP contribution >= 0.6 is 0 Å². The van der Waals surface area contributed by atoms with Gasteiger partial charge in [0.25, 0.3) is 0 Å². The van der Waals surface area contributed by atoms with Crippen LogP contribution < -0.4 is 5.32 Å². The molecule has 0 atom stereocenters. The quantitative estimate of drug-likeness (QED) is 0.657. The van der Waals surface area contributed by atoms with Crippen molar-refractivity contribution in [3.8, 4) is 0 Å². The molecule has 0 amide bonds. The molecule has 0 aromatic rings. The van der Waals surface area contributed by atoms with Crippen LogP contribution in [0.15, 0.2) is 0 Å². The van der Waals surface area contributed by atoms with Crippen LogP contribution in [0.2, 0.25) is 0 Å². The normalized spacial score (nSPS) is 20.4. The van der Waals surface area contributed by atoms with Crippen LogP contribution in [0.25, 0.3) is 0 Å². The number of ether oxygens (including phenoxy) is 2. The number of methoxy groups -OCH3 is 1.